The maximum atomic E-state index is 13.2. The van der Waals surface area contributed by atoms with Gasteiger partial charge in [-0.05, 0) is 49.7 Å². The molecule has 0 amide bonds. The summed E-state index contributed by atoms with van der Waals surface area (Å²) in [5, 5.41) is 3.42. The Bertz CT molecular complexity index is 880. The Morgan fingerprint density at radius 1 is 1.09 bits per heavy atom. The second-order valence-electron chi connectivity index (χ2n) is 8.27. The summed E-state index contributed by atoms with van der Waals surface area (Å²) in [6.07, 6.45) is 2.16. The van der Waals surface area contributed by atoms with Gasteiger partial charge in [0.2, 0.25) is 0 Å². The van der Waals surface area contributed by atoms with Crippen LogP contribution in [0.2, 0.25) is 0 Å². The fourth-order valence-electron chi connectivity index (χ4n) is 4.14. The van der Waals surface area contributed by atoms with E-state index < -0.39 is 0 Å². The average Bonchev–Trinajstić information content (AvgIpc) is 2.83. The fraction of sp³-hybridized carbons (Fsp3) is 0.500. The highest BCUT2D eigenvalue weighted by Gasteiger charge is 2.20. The third-order valence-electron chi connectivity index (χ3n) is 5.89. The summed E-state index contributed by atoms with van der Waals surface area (Å²) in [4.78, 5) is 16.4. The molecule has 2 saturated heterocycles. The molecule has 7 nitrogen and oxygen atoms in total. The number of halogens is 1. The minimum Gasteiger partial charge on any atom is -0.375 e. The van der Waals surface area contributed by atoms with Gasteiger partial charge in [-0.1, -0.05) is 6.07 Å². The molecule has 0 radical (unpaired) electrons. The van der Waals surface area contributed by atoms with Gasteiger partial charge in [0.15, 0.2) is 5.96 Å². The van der Waals surface area contributed by atoms with Gasteiger partial charge in [0.05, 0.1) is 19.3 Å². The van der Waals surface area contributed by atoms with Crippen LogP contribution in [-0.2, 0) is 11.3 Å². The van der Waals surface area contributed by atoms with Crippen LogP contribution >= 0.6 is 0 Å². The quantitative estimate of drug-likeness (QED) is 0.570. The lowest BCUT2D eigenvalue weighted by atomic mass is 10.2. The lowest BCUT2D eigenvalue weighted by molar-refractivity contribution is 0.0529. The molecule has 0 saturated carbocycles. The van der Waals surface area contributed by atoms with E-state index in [1.165, 1.54) is 12.1 Å². The van der Waals surface area contributed by atoms with Crippen LogP contribution < -0.4 is 15.1 Å². The normalized spacial score (nSPS) is 19.9. The summed E-state index contributed by atoms with van der Waals surface area (Å²) in [6.45, 7) is 11.6. The molecule has 1 aromatic heterocycles. The van der Waals surface area contributed by atoms with Crippen LogP contribution in [0.5, 0.6) is 0 Å². The lowest BCUT2D eigenvalue weighted by Gasteiger charge is -2.37. The number of rotatable bonds is 5. The molecule has 2 aliphatic heterocycles. The second-order valence-corrected chi connectivity index (χ2v) is 8.27. The summed E-state index contributed by atoms with van der Waals surface area (Å²) in [5.74, 6) is 1.73. The Balaban J connectivity index is 1.34. The van der Waals surface area contributed by atoms with Crippen molar-refractivity contribution in [1.29, 1.82) is 0 Å². The van der Waals surface area contributed by atoms with Crippen LogP contribution in [0.1, 0.15) is 19.4 Å². The molecular formula is C24H33FN6O. The number of piperazine rings is 1. The monoisotopic (exact) mass is 440 g/mol. The zero-order chi connectivity index (χ0) is 22.3. The summed E-state index contributed by atoms with van der Waals surface area (Å²) in [7, 11) is 0. The first-order valence-electron chi connectivity index (χ1n) is 11.5. The molecule has 2 fully saturated rings. The standard InChI is InChI=1S/C24H33FN6O/c1-3-26-24(30-12-10-29(11-13-30)22-7-5-21(25)6-8-22)28-17-20-4-9-23(27-16-20)31-14-15-32-19(2)18-31/h4-9,16,19H,3,10-15,17-18H2,1-2H3,(H,26,28). The lowest BCUT2D eigenvalue weighted by Crippen LogP contribution is -2.52. The number of benzene rings is 1. The van der Waals surface area contributed by atoms with Crippen molar-refractivity contribution < 1.29 is 9.13 Å². The van der Waals surface area contributed by atoms with E-state index in [-0.39, 0.29) is 11.9 Å². The van der Waals surface area contributed by atoms with Crippen molar-refractivity contribution in [2.24, 2.45) is 4.99 Å². The van der Waals surface area contributed by atoms with Gasteiger partial charge in [-0.15, -0.1) is 0 Å². The maximum absolute atomic E-state index is 13.2. The third kappa shape index (κ3) is 5.68. The van der Waals surface area contributed by atoms with Gasteiger partial charge in [0.1, 0.15) is 11.6 Å². The van der Waals surface area contributed by atoms with Crippen molar-refractivity contribution in [3.63, 3.8) is 0 Å². The number of guanidine groups is 1. The van der Waals surface area contributed by atoms with E-state index in [2.05, 4.69) is 51.0 Å². The number of hydrogen-bond acceptors (Lipinski definition) is 5. The molecule has 2 aromatic rings. The number of anilines is 2. The summed E-state index contributed by atoms with van der Waals surface area (Å²) in [6, 6.07) is 10.9. The fourth-order valence-corrected chi connectivity index (χ4v) is 4.14. The van der Waals surface area contributed by atoms with Crippen molar-refractivity contribution in [2.45, 2.75) is 26.5 Å². The van der Waals surface area contributed by atoms with Crippen LogP contribution in [0.4, 0.5) is 15.9 Å². The Labute approximate surface area is 189 Å². The molecule has 3 heterocycles. The number of morpholine rings is 1. The van der Waals surface area contributed by atoms with Gasteiger partial charge < -0.3 is 24.8 Å². The smallest absolute Gasteiger partial charge is 0.194 e. The van der Waals surface area contributed by atoms with Gasteiger partial charge in [0.25, 0.3) is 0 Å². The van der Waals surface area contributed by atoms with Crippen molar-refractivity contribution >= 4 is 17.5 Å². The predicted molar refractivity (Wildman–Crippen MR) is 127 cm³/mol. The molecule has 32 heavy (non-hydrogen) atoms. The molecule has 1 N–H and O–H groups in total. The van der Waals surface area contributed by atoms with E-state index in [0.29, 0.717) is 6.54 Å². The number of aliphatic imine (C=N–C) groups is 1. The minimum atomic E-state index is -0.198. The van der Waals surface area contributed by atoms with Crippen LogP contribution in [0.25, 0.3) is 0 Å². The Morgan fingerprint density at radius 2 is 1.88 bits per heavy atom. The molecule has 4 rings (SSSR count). The Morgan fingerprint density at radius 3 is 2.53 bits per heavy atom. The Hall–Kier alpha value is -2.87. The molecule has 1 atom stereocenters. The number of ether oxygens (including phenoxy) is 1. The van der Waals surface area contributed by atoms with Crippen molar-refractivity contribution in [1.82, 2.24) is 15.2 Å². The van der Waals surface area contributed by atoms with Crippen LogP contribution in [0.15, 0.2) is 47.6 Å². The topological polar surface area (TPSA) is 56.2 Å². The van der Waals surface area contributed by atoms with Gasteiger partial charge in [-0.3, -0.25) is 0 Å². The number of pyridine rings is 1. The molecule has 0 bridgehead atoms. The highest BCUT2D eigenvalue weighted by atomic mass is 19.1. The zero-order valence-corrected chi connectivity index (χ0v) is 19.0. The number of hydrogen-bond donors (Lipinski definition) is 1. The average molecular weight is 441 g/mol. The SMILES string of the molecule is CCNC(=NCc1ccc(N2CCOC(C)C2)nc1)N1CCN(c2ccc(F)cc2)CC1. The summed E-state index contributed by atoms with van der Waals surface area (Å²) >= 11 is 0. The van der Waals surface area contributed by atoms with Crippen LogP contribution in [0.3, 0.4) is 0 Å². The molecule has 0 spiro atoms. The molecule has 2 aliphatic rings. The summed E-state index contributed by atoms with van der Waals surface area (Å²) in [5.41, 5.74) is 2.16. The second kappa shape index (κ2) is 10.6. The molecule has 1 aromatic carbocycles. The number of nitrogens with zero attached hydrogens (tertiary/aromatic N) is 5. The molecule has 172 valence electrons. The zero-order valence-electron chi connectivity index (χ0n) is 19.0. The largest absolute Gasteiger partial charge is 0.375 e. The van der Waals surface area contributed by atoms with E-state index in [9.17, 15) is 4.39 Å². The van der Waals surface area contributed by atoms with E-state index in [1.54, 1.807) is 0 Å². The van der Waals surface area contributed by atoms with Gasteiger partial charge >= 0.3 is 0 Å². The molecule has 0 aliphatic carbocycles. The molecule has 8 heteroatoms. The number of aromatic nitrogens is 1. The summed E-state index contributed by atoms with van der Waals surface area (Å²) < 4.78 is 18.8. The van der Waals surface area contributed by atoms with Crippen molar-refractivity contribution in [2.75, 3.05) is 62.2 Å². The van der Waals surface area contributed by atoms with Crippen molar-refractivity contribution in [3.8, 4) is 0 Å². The van der Waals surface area contributed by atoms with Gasteiger partial charge in [0, 0.05) is 57.7 Å². The van der Waals surface area contributed by atoms with E-state index in [4.69, 9.17) is 9.73 Å². The maximum Gasteiger partial charge on any atom is 0.194 e. The minimum absolute atomic E-state index is 0.198. The van der Waals surface area contributed by atoms with Crippen LogP contribution in [-0.4, -0.2) is 74.4 Å². The Kier molecular flexibility index (Phi) is 7.42. The highest BCUT2D eigenvalue weighted by Crippen LogP contribution is 2.18. The van der Waals surface area contributed by atoms with Crippen molar-refractivity contribution in [3.05, 3.63) is 54.0 Å². The number of nitrogens with one attached hydrogen (secondary N) is 1. The predicted octanol–water partition coefficient (Wildman–Crippen LogP) is 2.73. The van der Waals surface area contributed by atoms with Gasteiger partial charge in [-0.2, -0.15) is 0 Å². The first-order chi connectivity index (χ1) is 15.6. The highest BCUT2D eigenvalue weighted by molar-refractivity contribution is 5.80. The molecular weight excluding hydrogens is 407 g/mol. The molecule has 1 unspecified atom stereocenters. The first kappa shape index (κ1) is 22.3. The van der Waals surface area contributed by atoms with E-state index in [0.717, 1.165) is 75.4 Å². The van der Waals surface area contributed by atoms with Gasteiger partial charge in [-0.25, -0.2) is 14.4 Å². The first-order valence-corrected chi connectivity index (χ1v) is 11.5. The third-order valence-corrected chi connectivity index (χ3v) is 5.89. The van der Waals surface area contributed by atoms with E-state index >= 15 is 0 Å². The van der Waals surface area contributed by atoms with Crippen LogP contribution in [0, 0.1) is 5.82 Å². The van der Waals surface area contributed by atoms with E-state index in [1.807, 2.05) is 18.3 Å².